The van der Waals surface area contributed by atoms with Crippen LogP contribution < -0.4 is 5.32 Å². The van der Waals surface area contributed by atoms with Gasteiger partial charge in [0.15, 0.2) is 0 Å². The van der Waals surface area contributed by atoms with Crippen LogP contribution in [0.4, 0.5) is 0 Å². The molecule has 0 aromatic heterocycles. The summed E-state index contributed by atoms with van der Waals surface area (Å²) in [6, 6.07) is 0. The number of carboxylic acids is 1. The topological polar surface area (TPSA) is 58.6 Å². The van der Waals surface area contributed by atoms with Crippen molar-refractivity contribution in [1.29, 1.82) is 0 Å². The van der Waals surface area contributed by atoms with Gasteiger partial charge in [0.2, 0.25) is 0 Å². The van der Waals surface area contributed by atoms with Crippen LogP contribution in [0.3, 0.4) is 0 Å². The van der Waals surface area contributed by atoms with Crippen molar-refractivity contribution >= 4 is 5.97 Å². The molecule has 1 rings (SSSR count). The molecule has 0 saturated carbocycles. The minimum Gasteiger partial charge on any atom is -0.481 e. The molecule has 0 aliphatic carbocycles. The average Bonchev–Trinajstić information content (AvgIpc) is 2.74. The third kappa shape index (κ3) is 6.08. The van der Waals surface area contributed by atoms with Crippen LogP contribution in [-0.4, -0.2) is 36.9 Å². The summed E-state index contributed by atoms with van der Waals surface area (Å²) in [5, 5.41) is 11.9. The van der Waals surface area contributed by atoms with Gasteiger partial charge in [-0.25, -0.2) is 0 Å². The largest absolute Gasteiger partial charge is 0.481 e. The fraction of sp³-hybridized carbons (Fsp3) is 0.917. The molecule has 2 atom stereocenters. The summed E-state index contributed by atoms with van der Waals surface area (Å²) in [7, 11) is 0. The van der Waals surface area contributed by atoms with Gasteiger partial charge in [-0.05, 0) is 38.1 Å². The van der Waals surface area contributed by atoms with E-state index in [4.69, 9.17) is 9.84 Å². The Morgan fingerprint density at radius 3 is 3.00 bits per heavy atom. The van der Waals surface area contributed by atoms with Gasteiger partial charge in [-0.3, -0.25) is 4.79 Å². The van der Waals surface area contributed by atoms with Crippen LogP contribution in [0.5, 0.6) is 0 Å². The number of carboxylic acid groups (broad SMARTS) is 1. The molecular weight excluding hydrogens is 206 g/mol. The van der Waals surface area contributed by atoms with E-state index >= 15 is 0 Å². The summed E-state index contributed by atoms with van der Waals surface area (Å²) >= 11 is 0. The minimum absolute atomic E-state index is 0.285. The van der Waals surface area contributed by atoms with Crippen LogP contribution in [0.15, 0.2) is 0 Å². The number of hydrogen-bond donors (Lipinski definition) is 2. The van der Waals surface area contributed by atoms with Gasteiger partial charge in [-0.15, -0.1) is 0 Å². The zero-order valence-corrected chi connectivity index (χ0v) is 10.1. The molecule has 1 fully saturated rings. The van der Waals surface area contributed by atoms with Gasteiger partial charge >= 0.3 is 5.97 Å². The standard InChI is InChI=1S/C12H23NO3/c1-10(4-5-12(14)15)6-7-13-9-11-3-2-8-16-11/h10-11,13H,2-9H2,1H3,(H,14,15). The molecule has 0 bridgehead atoms. The second kappa shape index (κ2) is 7.63. The fourth-order valence-corrected chi connectivity index (χ4v) is 1.93. The van der Waals surface area contributed by atoms with Crippen LogP contribution in [0.25, 0.3) is 0 Å². The highest BCUT2D eigenvalue weighted by atomic mass is 16.5. The molecule has 4 heteroatoms. The maximum absolute atomic E-state index is 10.4. The summed E-state index contributed by atoms with van der Waals surface area (Å²) in [6.07, 6.45) is 4.85. The molecule has 1 aliphatic rings. The number of aliphatic carboxylic acids is 1. The van der Waals surface area contributed by atoms with Crippen LogP contribution in [0.1, 0.15) is 39.0 Å². The predicted octanol–water partition coefficient (Wildman–Crippen LogP) is 1.65. The number of ether oxygens (including phenoxy) is 1. The highest BCUT2D eigenvalue weighted by Gasteiger charge is 2.14. The van der Waals surface area contributed by atoms with Gasteiger partial charge in [0.25, 0.3) is 0 Å². The molecule has 4 nitrogen and oxygen atoms in total. The molecule has 94 valence electrons. The zero-order valence-electron chi connectivity index (χ0n) is 10.1. The van der Waals surface area contributed by atoms with Gasteiger partial charge in [0, 0.05) is 19.6 Å². The molecule has 16 heavy (non-hydrogen) atoms. The molecule has 0 radical (unpaired) electrons. The van der Waals surface area contributed by atoms with Crippen molar-refractivity contribution in [2.45, 2.75) is 45.1 Å². The SMILES string of the molecule is CC(CCNCC1CCCO1)CCC(=O)O. The highest BCUT2D eigenvalue weighted by Crippen LogP contribution is 2.11. The number of hydrogen-bond acceptors (Lipinski definition) is 3. The molecular formula is C12H23NO3. The van der Waals surface area contributed by atoms with Crippen molar-refractivity contribution in [3.63, 3.8) is 0 Å². The van der Waals surface area contributed by atoms with E-state index in [9.17, 15) is 4.79 Å². The van der Waals surface area contributed by atoms with E-state index in [1.807, 2.05) is 0 Å². The monoisotopic (exact) mass is 229 g/mol. The molecule has 1 heterocycles. The van der Waals surface area contributed by atoms with E-state index in [0.717, 1.165) is 32.5 Å². The van der Waals surface area contributed by atoms with Crippen molar-refractivity contribution < 1.29 is 14.6 Å². The van der Waals surface area contributed by atoms with Crippen LogP contribution in [-0.2, 0) is 9.53 Å². The maximum Gasteiger partial charge on any atom is 0.303 e. The lowest BCUT2D eigenvalue weighted by atomic mass is 10.0. The van der Waals surface area contributed by atoms with Gasteiger partial charge in [-0.1, -0.05) is 6.92 Å². The lowest BCUT2D eigenvalue weighted by molar-refractivity contribution is -0.137. The van der Waals surface area contributed by atoms with Crippen molar-refractivity contribution in [3.05, 3.63) is 0 Å². The molecule has 0 amide bonds. The lowest BCUT2D eigenvalue weighted by Gasteiger charge is -2.13. The average molecular weight is 229 g/mol. The van der Waals surface area contributed by atoms with E-state index in [2.05, 4.69) is 12.2 Å². The summed E-state index contributed by atoms with van der Waals surface area (Å²) in [6.45, 7) is 4.91. The second-order valence-corrected chi connectivity index (χ2v) is 4.67. The summed E-state index contributed by atoms with van der Waals surface area (Å²) < 4.78 is 5.50. The van der Waals surface area contributed by atoms with Crippen LogP contribution in [0.2, 0.25) is 0 Å². The van der Waals surface area contributed by atoms with Gasteiger partial charge < -0.3 is 15.2 Å². The molecule has 0 aromatic rings. The molecule has 1 saturated heterocycles. The van der Waals surface area contributed by atoms with E-state index in [1.165, 1.54) is 12.8 Å². The number of nitrogens with one attached hydrogen (secondary N) is 1. The Bertz CT molecular complexity index is 202. The molecule has 0 spiro atoms. The summed E-state index contributed by atoms with van der Waals surface area (Å²) in [5.41, 5.74) is 0. The Labute approximate surface area is 97.4 Å². The van der Waals surface area contributed by atoms with E-state index in [0.29, 0.717) is 12.0 Å². The van der Waals surface area contributed by atoms with E-state index < -0.39 is 5.97 Å². The number of rotatable bonds is 8. The first kappa shape index (κ1) is 13.5. The molecule has 0 aromatic carbocycles. The normalized spacial score (nSPS) is 22.2. The summed E-state index contributed by atoms with van der Waals surface area (Å²) in [4.78, 5) is 10.4. The van der Waals surface area contributed by atoms with Crippen molar-refractivity contribution in [3.8, 4) is 0 Å². The Morgan fingerprint density at radius 2 is 2.38 bits per heavy atom. The van der Waals surface area contributed by atoms with Crippen molar-refractivity contribution in [2.24, 2.45) is 5.92 Å². The predicted molar refractivity (Wildman–Crippen MR) is 62.5 cm³/mol. The van der Waals surface area contributed by atoms with Crippen LogP contribution >= 0.6 is 0 Å². The molecule has 2 N–H and O–H groups in total. The smallest absolute Gasteiger partial charge is 0.303 e. The Kier molecular flexibility index (Phi) is 6.42. The molecule has 2 unspecified atom stereocenters. The Morgan fingerprint density at radius 1 is 1.56 bits per heavy atom. The van der Waals surface area contributed by atoms with Gasteiger partial charge in [0.1, 0.15) is 0 Å². The zero-order chi connectivity index (χ0) is 11.8. The van der Waals surface area contributed by atoms with E-state index in [1.54, 1.807) is 0 Å². The van der Waals surface area contributed by atoms with Gasteiger partial charge in [0.05, 0.1) is 6.10 Å². The maximum atomic E-state index is 10.4. The first-order chi connectivity index (χ1) is 7.68. The second-order valence-electron chi connectivity index (χ2n) is 4.67. The Hall–Kier alpha value is -0.610. The minimum atomic E-state index is -0.695. The van der Waals surface area contributed by atoms with Gasteiger partial charge in [-0.2, -0.15) is 0 Å². The van der Waals surface area contributed by atoms with Crippen LogP contribution in [0, 0.1) is 5.92 Å². The van der Waals surface area contributed by atoms with E-state index in [-0.39, 0.29) is 6.42 Å². The third-order valence-corrected chi connectivity index (χ3v) is 3.06. The number of carbonyl (C=O) groups is 1. The highest BCUT2D eigenvalue weighted by molar-refractivity contribution is 5.66. The first-order valence-corrected chi connectivity index (χ1v) is 6.22. The lowest BCUT2D eigenvalue weighted by Crippen LogP contribution is -2.27. The fourth-order valence-electron chi connectivity index (χ4n) is 1.93. The third-order valence-electron chi connectivity index (χ3n) is 3.06. The quantitative estimate of drug-likeness (QED) is 0.621. The summed E-state index contributed by atoms with van der Waals surface area (Å²) in [5.74, 6) is -0.215. The van der Waals surface area contributed by atoms with Crippen molar-refractivity contribution in [2.75, 3.05) is 19.7 Å². The van der Waals surface area contributed by atoms with Crippen molar-refractivity contribution in [1.82, 2.24) is 5.32 Å². The Balaban J connectivity index is 1.91. The first-order valence-electron chi connectivity index (χ1n) is 6.22. The molecule has 1 aliphatic heterocycles.